The van der Waals surface area contributed by atoms with Crippen LogP contribution in [0.25, 0.3) is 0 Å². The summed E-state index contributed by atoms with van der Waals surface area (Å²) in [4.78, 5) is 1.23. The molecule has 1 aliphatic rings. The van der Waals surface area contributed by atoms with Gasteiger partial charge in [-0.25, -0.2) is 8.42 Å². The van der Waals surface area contributed by atoms with E-state index in [0.29, 0.717) is 17.3 Å². The molecule has 1 aromatic rings. The van der Waals surface area contributed by atoms with Crippen molar-refractivity contribution in [3.63, 3.8) is 0 Å². The highest BCUT2D eigenvalue weighted by Crippen LogP contribution is 2.34. The number of hydrogen-bond donors (Lipinski definition) is 0. The quantitative estimate of drug-likeness (QED) is 0.760. The monoisotopic (exact) mass is 371 g/mol. The molecule has 1 atom stereocenters. The zero-order valence-electron chi connectivity index (χ0n) is 10.0. The number of sulfonamides is 1. The highest BCUT2D eigenvalue weighted by molar-refractivity contribution is 9.11. The van der Waals surface area contributed by atoms with E-state index in [1.165, 1.54) is 11.3 Å². The van der Waals surface area contributed by atoms with Gasteiger partial charge in [-0.1, -0.05) is 6.42 Å². The number of nitrogens with zero attached hydrogens (tertiary/aromatic N) is 1. The number of aryl methyl sites for hydroxylation is 1. The van der Waals surface area contributed by atoms with Crippen molar-refractivity contribution in [2.45, 2.75) is 37.1 Å². The van der Waals surface area contributed by atoms with Crippen LogP contribution in [0.3, 0.4) is 0 Å². The van der Waals surface area contributed by atoms with Gasteiger partial charge in [0.25, 0.3) is 0 Å². The third-order valence-corrected chi connectivity index (χ3v) is 7.30. The molecular weight excluding hydrogens is 358 g/mol. The number of alkyl halides is 1. The van der Waals surface area contributed by atoms with E-state index in [0.717, 1.165) is 27.9 Å². The molecule has 102 valence electrons. The van der Waals surface area contributed by atoms with Gasteiger partial charge < -0.3 is 0 Å². The highest BCUT2D eigenvalue weighted by atomic mass is 79.9. The van der Waals surface area contributed by atoms with Crippen LogP contribution in [0.1, 0.15) is 24.1 Å². The van der Waals surface area contributed by atoms with E-state index in [1.807, 2.05) is 6.92 Å². The first-order valence-corrected chi connectivity index (χ1v) is 9.39. The average Bonchev–Trinajstić information content (AvgIpc) is 2.69. The molecule has 1 unspecified atom stereocenters. The molecule has 0 N–H and O–H groups in total. The summed E-state index contributed by atoms with van der Waals surface area (Å²) in [5, 5.41) is 0. The Labute approximate surface area is 125 Å². The average molecular weight is 373 g/mol. The molecule has 1 fully saturated rings. The molecule has 3 nitrogen and oxygen atoms in total. The van der Waals surface area contributed by atoms with Crippen LogP contribution >= 0.6 is 38.9 Å². The zero-order chi connectivity index (χ0) is 13.3. The van der Waals surface area contributed by atoms with Gasteiger partial charge >= 0.3 is 0 Å². The van der Waals surface area contributed by atoms with Crippen molar-refractivity contribution in [1.29, 1.82) is 0 Å². The number of piperidine rings is 1. The van der Waals surface area contributed by atoms with Gasteiger partial charge in [0.15, 0.2) is 0 Å². The van der Waals surface area contributed by atoms with E-state index in [2.05, 4.69) is 15.9 Å². The fourth-order valence-corrected chi connectivity index (χ4v) is 6.74. The molecule has 0 aromatic carbocycles. The molecule has 1 aromatic heterocycles. The second kappa shape index (κ2) is 5.79. The first kappa shape index (κ1) is 14.8. The summed E-state index contributed by atoms with van der Waals surface area (Å²) in [5.41, 5.74) is 0. The van der Waals surface area contributed by atoms with E-state index in [-0.39, 0.29) is 6.04 Å². The summed E-state index contributed by atoms with van der Waals surface area (Å²) < 4.78 is 27.7. The zero-order valence-corrected chi connectivity index (χ0v) is 14.0. The first-order valence-electron chi connectivity index (χ1n) is 5.80. The van der Waals surface area contributed by atoms with E-state index in [1.54, 1.807) is 10.4 Å². The van der Waals surface area contributed by atoms with Crippen molar-refractivity contribution in [2.24, 2.45) is 0 Å². The summed E-state index contributed by atoms with van der Waals surface area (Å²) in [6.45, 7) is 2.41. The maximum atomic E-state index is 12.6. The minimum Gasteiger partial charge on any atom is -0.207 e. The lowest BCUT2D eigenvalue weighted by Gasteiger charge is -2.33. The Hall–Kier alpha value is 0.380. The van der Waals surface area contributed by atoms with Crippen LogP contribution in [0.15, 0.2) is 14.7 Å². The summed E-state index contributed by atoms with van der Waals surface area (Å²) in [6, 6.07) is 1.62. The van der Waals surface area contributed by atoms with Gasteiger partial charge in [0.1, 0.15) is 0 Å². The molecule has 0 amide bonds. The van der Waals surface area contributed by atoms with Crippen molar-refractivity contribution in [1.82, 2.24) is 4.31 Å². The summed E-state index contributed by atoms with van der Waals surface area (Å²) in [7, 11) is -3.40. The molecule has 0 saturated carbocycles. The lowest BCUT2D eigenvalue weighted by molar-refractivity contribution is 0.271. The number of rotatable bonds is 3. The van der Waals surface area contributed by atoms with Gasteiger partial charge in [-0.15, -0.1) is 22.9 Å². The Morgan fingerprint density at radius 2 is 2.28 bits per heavy atom. The molecule has 18 heavy (non-hydrogen) atoms. The molecule has 0 bridgehead atoms. The van der Waals surface area contributed by atoms with Gasteiger partial charge in [0.05, 0.1) is 8.68 Å². The van der Waals surface area contributed by atoms with Crippen molar-refractivity contribution >= 4 is 48.9 Å². The van der Waals surface area contributed by atoms with Crippen LogP contribution in [-0.4, -0.2) is 31.2 Å². The Morgan fingerprint density at radius 3 is 2.83 bits per heavy atom. The molecule has 7 heteroatoms. The van der Waals surface area contributed by atoms with Gasteiger partial charge in [-0.3, -0.25) is 0 Å². The predicted molar refractivity (Wildman–Crippen MR) is 79.0 cm³/mol. The molecule has 1 saturated heterocycles. The van der Waals surface area contributed by atoms with Crippen LogP contribution in [0, 0.1) is 6.92 Å². The highest BCUT2D eigenvalue weighted by Gasteiger charge is 2.34. The molecular formula is C11H15BrClNO2S2. The Morgan fingerprint density at radius 1 is 1.56 bits per heavy atom. The normalized spacial score (nSPS) is 22.3. The Balaban J connectivity index is 2.38. The number of halogens is 2. The number of hydrogen-bond acceptors (Lipinski definition) is 3. The Bertz CT molecular complexity index is 529. The SMILES string of the molecule is Cc1sc(Br)cc1S(=O)(=O)N1CCCCC1CCl. The number of thiophene rings is 1. The van der Waals surface area contributed by atoms with Gasteiger partial charge in [-0.2, -0.15) is 4.31 Å². The van der Waals surface area contributed by atoms with Crippen LogP contribution in [-0.2, 0) is 10.0 Å². The summed E-state index contributed by atoms with van der Waals surface area (Å²) in [6.07, 6.45) is 2.82. The van der Waals surface area contributed by atoms with Gasteiger partial charge in [0, 0.05) is 23.3 Å². The molecule has 1 aliphatic heterocycles. The van der Waals surface area contributed by atoms with Gasteiger partial charge in [0.2, 0.25) is 10.0 Å². The molecule has 0 spiro atoms. The maximum absolute atomic E-state index is 12.6. The molecule has 2 heterocycles. The van der Waals surface area contributed by atoms with Crippen molar-refractivity contribution < 1.29 is 8.42 Å². The van der Waals surface area contributed by atoms with E-state index < -0.39 is 10.0 Å². The summed E-state index contributed by atoms with van der Waals surface area (Å²) in [5.74, 6) is 0.365. The fourth-order valence-electron chi connectivity index (χ4n) is 2.26. The van der Waals surface area contributed by atoms with Crippen molar-refractivity contribution in [3.8, 4) is 0 Å². The van der Waals surface area contributed by atoms with Crippen molar-refractivity contribution in [3.05, 3.63) is 14.7 Å². The van der Waals surface area contributed by atoms with Crippen LogP contribution in [0.2, 0.25) is 0 Å². The standard InChI is InChI=1S/C11H15BrClNO2S2/c1-8-10(6-11(12)17-8)18(15,16)14-5-3-2-4-9(14)7-13/h6,9H,2-5,7H2,1H3. The smallest absolute Gasteiger partial charge is 0.207 e. The summed E-state index contributed by atoms with van der Waals surface area (Å²) >= 11 is 10.7. The minimum atomic E-state index is -3.40. The van der Waals surface area contributed by atoms with E-state index in [4.69, 9.17) is 11.6 Å². The predicted octanol–water partition coefficient (Wildman–Crippen LogP) is 3.60. The van der Waals surface area contributed by atoms with Crippen LogP contribution < -0.4 is 0 Å². The fraction of sp³-hybridized carbons (Fsp3) is 0.636. The molecule has 0 radical (unpaired) electrons. The minimum absolute atomic E-state index is 0.0662. The second-order valence-electron chi connectivity index (χ2n) is 4.39. The lowest BCUT2D eigenvalue weighted by Crippen LogP contribution is -2.44. The van der Waals surface area contributed by atoms with E-state index in [9.17, 15) is 8.42 Å². The first-order chi connectivity index (χ1) is 8.46. The third-order valence-electron chi connectivity index (χ3n) is 3.18. The lowest BCUT2D eigenvalue weighted by atomic mass is 10.1. The van der Waals surface area contributed by atoms with Crippen molar-refractivity contribution in [2.75, 3.05) is 12.4 Å². The third kappa shape index (κ3) is 2.77. The van der Waals surface area contributed by atoms with Crippen LogP contribution in [0.4, 0.5) is 0 Å². The van der Waals surface area contributed by atoms with E-state index >= 15 is 0 Å². The van der Waals surface area contributed by atoms with Gasteiger partial charge in [-0.05, 0) is 41.8 Å². The van der Waals surface area contributed by atoms with Crippen LogP contribution in [0.5, 0.6) is 0 Å². The second-order valence-corrected chi connectivity index (χ2v) is 9.19. The molecule has 0 aliphatic carbocycles. The maximum Gasteiger partial charge on any atom is 0.244 e. The largest absolute Gasteiger partial charge is 0.244 e. The molecule has 2 rings (SSSR count). The Kier molecular flexibility index (Phi) is 4.75. The topological polar surface area (TPSA) is 37.4 Å².